The molecule has 1 aromatic rings. The smallest absolute Gasteiger partial charge is 0.295 e. The van der Waals surface area contributed by atoms with Crippen molar-refractivity contribution in [2.75, 3.05) is 0 Å². The van der Waals surface area contributed by atoms with Crippen LogP contribution in [0.1, 0.15) is 22.8 Å². The minimum atomic E-state index is -4.17. The molecule has 0 N–H and O–H groups in total. The number of carbonyl (C=O) groups is 1. The van der Waals surface area contributed by atoms with Crippen molar-refractivity contribution >= 4 is 5.78 Å². The van der Waals surface area contributed by atoms with Gasteiger partial charge < -0.3 is 0 Å². The lowest BCUT2D eigenvalue weighted by molar-refractivity contribution is -0.135. The maximum Gasteiger partial charge on any atom is 0.332 e. The quantitative estimate of drug-likeness (QED) is 0.564. The second-order valence-electron chi connectivity index (χ2n) is 3.06. The molecule has 1 aromatic carbocycles. The van der Waals surface area contributed by atoms with Gasteiger partial charge in [0.2, 0.25) is 0 Å². The molecule has 0 atom stereocenters. The zero-order valence-electron chi connectivity index (χ0n) is 7.81. The highest BCUT2D eigenvalue weighted by molar-refractivity contribution is 5.94. The summed E-state index contributed by atoms with van der Waals surface area (Å²) >= 11 is 0. The van der Waals surface area contributed by atoms with Gasteiger partial charge in [-0.3, -0.25) is 4.79 Å². The molecule has 0 heterocycles. The molecule has 1 nitrogen and oxygen atoms in total. The number of benzene rings is 1. The van der Waals surface area contributed by atoms with Crippen molar-refractivity contribution in [2.45, 2.75) is 19.3 Å². The molecular formula is C10H8F4O. The molecule has 1 rings (SSSR count). The van der Waals surface area contributed by atoms with Crippen LogP contribution < -0.4 is 0 Å². The lowest BCUT2D eigenvalue weighted by Gasteiger charge is -2.15. The van der Waals surface area contributed by atoms with Crippen LogP contribution in [0.4, 0.5) is 17.6 Å². The normalized spacial score (nSPS) is 11.9. The number of hydrogen-bond donors (Lipinski definition) is 0. The fourth-order valence-corrected chi connectivity index (χ4v) is 1.05. The van der Waals surface area contributed by atoms with E-state index in [1.807, 2.05) is 0 Å². The van der Waals surface area contributed by atoms with E-state index in [2.05, 4.69) is 0 Å². The van der Waals surface area contributed by atoms with Crippen LogP contribution in [-0.4, -0.2) is 12.2 Å². The number of carbonyl (C=O) groups excluding carboxylic acids is 1. The number of hydrogen-bond acceptors (Lipinski definition) is 1. The van der Waals surface area contributed by atoms with Crippen LogP contribution in [0.2, 0.25) is 0 Å². The first-order valence-corrected chi connectivity index (χ1v) is 4.13. The van der Waals surface area contributed by atoms with Gasteiger partial charge in [-0.25, -0.2) is 8.78 Å². The number of halogens is 4. The van der Waals surface area contributed by atoms with Gasteiger partial charge in [0.05, 0.1) is 0 Å². The van der Waals surface area contributed by atoms with Gasteiger partial charge in [0.25, 0.3) is 0 Å². The van der Waals surface area contributed by atoms with Crippen molar-refractivity contribution < 1.29 is 22.4 Å². The molecule has 0 amide bonds. The highest BCUT2D eigenvalue weighted by Crippen LogP contribution is 2.34. The van der Waals surface area contributed by atoms with Gasteiger partial charge in [0.15, 0.2) is 5.78 Å². The molecule has 15 heavy (non-hydrogen) atoms. The second kappa shape index (κ2) is 4.00. The lowest BCUT2D eigenvalue weighted by Crippen LogP contribution is -2.23. The molecule has 0 aliphatic carbocycles. The second-order valence-corrected chi connectivity index (χ2v) is 3.06. The van der Waals surface area contributed by atoms with Crippen molar-refractivity contribution in [3.8, 4) is 0 Å². The van der Waals surface area contributed by atoms with E-state index in [9.17, 15) is 22.4 Å². The van der Waals surface area contributed by atoms with Crippen molar-refractivity contribution in [3.63, 3.8) is 0 Å². The summed E-state index contributed by atoms with van der Waals surface area (Å²) in [5, 5.41) is 0. The third-order valence-electron chi connectivity index (χ3n) is 1.95. The third kappa shape index (κ3) is 2.34. The molecule has 0 fully saturated rings. The average molecular weight is 220 g/mol. The summed E-state index contributed by atoms with van der Waals surface area (Å²) in [5.41, 5.74) is -0.577. The maximum atomic E-state index is 12.8. The summed E-state index contributed by atoms with van der Waals surface area (Å²) in [6, 6.07) is 3.88. The van der Waals surface area contributed by atoms with E-state index in [0.717, 1.165) is 24.3 Å². The van der Waals surface area contributed by atoms with Crippen LogP contribution in [0.3, 0.4) is 0 Å². The van der Waals surface area contributed by atoms with Crippen molar-refractivity contribution in [1.82, 2.24) is 0 Å². The fourth-order valence-electron chi connectivity index (χ4n) is 1.05. The highest BCUT2D eigenvalue weighted by atomic mass is 19.3. The lowest BCUT2D eigenvalue weighted by atomic mass is 10.0. The minimum absolute atomic E-state index is 0.212. The molecule has 0 unspecified atom stereocenters. The van der Waals surface area contributed by atoms with Gasteiger partial charge in [-0.2, -0.15) is 8.78 Å². The molecule has 0 saturated heterocycles. The SMILES string of the molecule is CC(=O)c1ccc(C(F)(F)C(F)F)cc1. The van der Waals surface area contributed by atoms with Crippen molar-refractivity contribution in [2.24, 2.45) is 0 Å². The first-order valence-electron chi connectivity index (χ1n) is 4.13. The molecule has 0 aliphatic heterocycles. The number of Topliss-reactive ketones (excluding diaryl/α,β-unsaturated/α-hetero) is 1. The predicted molar refractivity (Wildman–Crippen MR) is 46.3 cm³/mol. The molecule has 0 spiro atoms. The Kier molecular flexibility index (Phi) is 3.12. The maximum absolute atomic E-state index is 12.8. The first kappa shape index (κ1) is 11.7. The monoisotopic (exact) mass is 220 g/mol. The zero-order chi connectivity index (χ0) is 11.6. The Morgan fingerprint density at radius 3 is 2.00 bits per heavy atom. The molecule has 0 aliphatic rings. The standard InChI is InChI=1S/C10H8F4O/c1-6(15)7-2-4-8(5-3-7)10(13,14)9(11)12/h2-5,9H,1H3. The fraction of sp³-hybridized carbons (Fsp3) is 0.300. The van der Waals surface area contributed by atoms with Crippen LogP contribution in [0, 0.1) is 0 Å². The Hall–Kier alpha value is -1.39. The van der Waals surface area contributed by atoms with Gasteiger partial charge in [-0.05, 0) is 6.92 Å². The Morgan fingerprint density at radius 1 is 1.20 bits per heavy atom. The zero-order valence-corrected chi connectivity index (χ0v) is 7.81. The molecule has 0 bridgehead atoms. The first-order chi connectivity index (χ1) is 6.85. The van der Waals surface area contributed by atoms with E-state index in [-0.39, 0.29) is 11.3 Å². The average Bonchev–Trinajstić information content (AvgIpc) is 2.17. The van der Waals surface area contributed by atoms with Crippen molar-refractivity contribution in [1.29, 1.82) is 0 Å². The summed E-state index contributed by atoms with van der Waals surface area (Å²) in [5.74, 6) is -4.48. The summed E-state index contributed by atoms with van der Waals surface area (Å²) in [6.45, 7) is 1.26. The Morgan fingerprint density at radius 2 is 1.67 bits per heavy atom. The Balaban J connectivity index is 3.04. The van der Waals surface area contributed by atoms with E-state index >= 15 is 0 Å². The number of rotatable bonds is 3. The van der Waals surface area contributed by atoms with E-state index in [1.54, 1.807) is 0 Å². The molecule has 0 radical (unpaired) electrons. The van der Waals surface area contributed by atoms with Gasteiger partial charge in [0, 0.05) is 11.1 Å². The minimum Gasteiger partial charge on any atom is -0.295 e. The van der Waals surface area contributed by atoms with Crippen molar-refractivity contribution in [3.05, 3.63) is 35.4 Å². The molecule has 0 aromatic heterocycles. The van der Waals surface area contributed by atoms with E-state index < -0.39 is 17.9 Å². The summed E-state index contributed by atoms with van der Waals surface area (Å²) in [6.07, 6.45) is -3.75. The largest absolute Gasteiger partial charge is 0.332 e. The Labute approximate surface area is 83.7 Å². The summed E-state index contributed by atoms with van der Waals surface area (Å²) in [7, 11) is 0. The molecule has 82 valence electrons. The van der Waals surface area contributed by atoms with Crippen LogP contribution in [-0.2, 0) is 5.92 Å². The van der Waals surface area contributed by atoms with E-state index in [0.29, 0.717) is 0 Å². The van der Waals surface area contributed by atoms with E-state index in [1.165, 1.54) is 6.92 Å². The molecule has 0 saturated carbocycles. The highest BCUT2D eigenvalue weighted by Gasteiger charge is 2.42. The van der Waals surface area contributed by atoms with Gasteiger partial charge in [0.1, 0.15) is 0 Å². The van der Waals surface area contributed by atoms with Crippen LogP contribution in [0.15, 0.2) is 24.3 Å². The number of alkyl halides is 4. The van der Waals surface area contributed by atoms with Crippen LogP contribution in [0.5, 0.6) is 0 Å². The topological polar surface area (TPSA) is 17.1 Å². The summed E-state index contributed by atoms with van der Waals surface area (Å²) < 4.78 is 49.4. The number of ketones is 1. The summed E-state index contributed by atoms with van der Waals surface area (Å²) in [4.78, 5) is 10.8. The van der Waals surface area contributed by atoms with Gasteiger partial charge >= 0.3 is 12.3 Å². The van der Waals surface area contributed by atoms with Crippen LogP contribution >= 0.6 is 0 Å². The molecule has 5 heteroatoms. The predicted octanol–water partition coefficient (Wildman–Crippen LogP) is 3.25. The Bertz CT molecular complexity index is 356. The van der Waals surface area contributed by atoms with Crippen LogP contribution in [0.25, 0.3) is 0 Å². The molecular weight excluding hydrogens is 212 g/mol. The van der Waals surface area contributed by atoms with Gasteiger partial charge in [-0.1, -0.05) is 24.3 Å². The third-order valence-corrected chi connectivity index (χ3v) is 1.95. The van der Waals surface area contributed by atoms with Gasteiger partial charge in [-0.15, -0.1) is 0 Å². The van der Waals surface area contributed by atoms with E-state index in [4.69, 9.17) is 0 Å².